The van der Waals surface area contributed by atoms with Crippen LogP contribution < -0.4 is 0 Å². The first-order valence-corrected chi connectivity index (χ1v) is 7.26. The zero-order valence-electron chi connectivity index (χ0n) is 11.3. The number of rotatable bonds is 2. The van der Waals surface area contributed by atoms with E-state index in [9.17, 15) is 0 Å². The van der Waals surface area contributed by atoms with Gasteiger partial charge in [0.15, 0.2) is 0 Å². The molecular formula is C18H13ClN2. The minimum atomic E-state index is 0.745. The second kappa shape index (κ2) is 4.90. The molecule has 2 aromatic heterocycles. The molecule has 0 atom stereocenters. The molecule has 0 aliphatic heterocycles. The highest BCUT2D eigenvalue weighted by Crippen LogP contribution is 2.21. The second-order valence-corrected chi connectivity index (χ2v) is 5.58. The fraction of sp³-hybridized carbons (Fsp3) is 0.0556. The first kappa shape index (κ1) is 12.4. The van der Waals surface area contributed by atoms with Gasteiger partial charge in [-0.15, -0.1) is 0 Å². The maximum absolute atomic E-state index is 6.10. The lowest BCUT2D eigenvalue weighted by Crippen LogP contribution is -2.00. The Morgan fingerprint density at radius 1 is 0.905 bits per heavy atom. The van der Waals surface area contributed by atoms with Crippen LogP contribution in [0.2, 0.25) is 5.02 Å². The van der Waals surface area contributed by atoms with Crippen LogP contribution in [0.4, 0.5) is 0 Å². The fourth-order valence-corrected chi connectivity index (χ4v) is 2.83. The molecule has 21 heavy (non-hydrogen) atoms. The molecule has 0 radical (unpaired) electrons. The van der Waals surface area contributed by atoms with Gasteiger partial charge in [0, 0.05) is 22.1 Å². The number of para-hydroxylation sites is 1. The number of fused-ring (bicyclic) bond motifs is 2. The molecule has 0 saturated heterocycles. The molecule has 4 rings (SSSR count). The van der Waals surface area contributed by atoms with Gasteiger partial charge in [0.25, 0.3) is 0 Å². The predicted octanol–water partition coefficient (Wildman–Crippen LogP) is 4.89. The lowest BCUT2D eigenvalue weighted by Gasteiger charge is -2.06. The summed E-state index contributed by atoms with van der Waals surface area (Å²) in [7, 11) is 0. The summed E-state index contributed by atoms with van der Waals surface area (Å²) in [4.78, 5) is 4.73. The Labute approximate surface area is 127 Å². The molecule has 0 bridgehead atoms. The van der Waals surface area contributed by atoms with Crippen molar-refractivity contribution in [3.63, 3.8) is 0 Å². The molecular weight excluding hydrogens is 280 g/mol. The van der Waals surface area contributed by atoms with Crippen LogP contribution in [0, 0.1) is 0 Å². The lowest BCUT2D eigenvalue weighted by atomic mass is 10.2. The van der Waals surface area contributed by atoms with Crippen molar-refractivity contribution >= 4 is 33.4 Å². The third kappa shape index (κ3) is 2.28. The molecule has 2 heterocycles. The van der Waals surface area contributed by atoms with Gasteiger partial charge in [-0.05, 0) is 35.7 Å². The molecule has 2 aromatic carbocycles. The normalized spacial score (nSPS) is 11.3. The van der Waals surface area contributed by atoms with Gasteiger partial charge in [-0.1, -0.05) is 41.9 Å². The predicted molar refractivity (Wildman–Crippen MR) is 87.8 cm³/mol. The maximum atomic E-state index is 6.10. The van der Waals surface area contributed by atoms with E-state index in [4.69, 9.17) is 16.6 Å². The van der Waals surface area contributed by atoms with E-state index in [1.165, 1.54) is 10.8 Å². The fourth-order valence-electron chi connectivity index (χ4n) is 2.67. The van der Waals surface area contributed by atoms with E-state index in [1.807, 2.05) is 36.4 Å². The highest BCUT2D eigenvalue weighted by Gasteiger charge is 2.04. The average molecular weight is 293 g/mol. The Bertz CT molecular complexity index is 940. The molecule has 4 aromatic rings. The molecule has 0 amide bonds. The Hall–Kier alpha value is -2.32. The second-order valence-electron chi connectivity index (χ2n) is 5.14. The SMILES string of the molecule is Clc1ccc2ccn(Cc3ccc4ccccc4n3)c2c1. The van der Waals surface area contributed by atoms with Gasteiger partial charge in [-0.25, -0.2) is 0 Å². The first-order valence-electron chi connectivity index (χ1n) is 6.89. The number of hydrogen-bond donors (Lipinski definition) is 0. The van der Waals surface area contributed by atoms with E-state index in [0.29, 0.717) is 0 Å². The molecule has 0 aliphatic rings. The summed E-state index contributed by atoms with van der Waals surface area (Å²) >= 11 is 6.10. The summed E-state index contributed by atoms with van der Waals surface area (Å²) in [5.41, 5.74) is 3.22. The van der Waals surface area contributed by atoms with Gasteiger partial charge < -0.3 is 4.57 Å². The summed E-state index contributed by atoms with van der Waals surface area (Å²) in [5.74, 6) is 0. The molecule has 0 fully saturated rings. The van der Waals surface area contributed by atoms with Crippen LogP contribution in [-0.4, -0.2) is 9.55 Å². The molecule has 3 heteroatoms. The van der Waals surface area contributed by atoms with Crippen molar-refractivity contribution in [3.05, 3.63) is 77.6 Å². The van der Waals surface area contributed by atoms with Crippen LogP contribution >= 0.6 is 11.6 Å². The van der Waals surface area contributed by atoms with Gasteiger partial charge in [-0.2, -0.15) is 0 Å². The van der Waals surface area contributed by atoms with Crippen LogP contribution in [0.15, 0.2) is 66.9 Å². The van der Waals surface area contributed by atoms with Gasteiger partial charge in [0.2, 0.25) is 0 Å². The number of hydrogen-bond acceptors (Lipinski definition) is 1. The number of aromatic nitrogens is 2. The van der Waals surface area contributed by atoms with Crippen LogP contribution in [0.3, 0.4) is 0 Å². The molecule has 0 aliphatic carbocycles. The summed E-state index contributed by atoms with van der Waals surface area (Å²) < 4.78 is 2.18. The lowest BCUT2D eigenvalue weighted by molar-refractivity contribution is 0.812. The Morgan fingerprint density at radius 3 is 2.71 bits per heavy atom. The Balaban J connectivity index is 1.77. The molecule has 0 unspecified atom stereocenters. The Morgan fingerprint density at radius 2 is 1.76 bits per heavy atom. The van der Waals surface area contributed by atoms with Crippen molar-refractivity contribution in [2.24, 2.45) is 0 Å². The zero-order valence-corrected chi connectivity index (χ0v) is 12.1. The van der Waals surface area contributed by atoms with Crippen molar-refractivity contribution in [1.29, 1.82) is 0 Å². The van der Waals surface area contributed by atoms with Crippen molar-refractivity contribution < 1.29 is 0 Å². The van der Waals surface area contributed by atoms with E-state index >= 15 is 0 Å². The smallest absolute Gasteiger partial charge is 0.0706 e. The van der Waals surface area contributed by atoms with Gasteiger partial charge >= 0.3 is 0 Å². The van der Waals surface area contributed by atoms with Crippen molar-refractivity contribution in [3.8, 4) is 0 Å². The number of nitrogens with zero attached hydrogens (tertiary/aromatic N) is 2. The largest absolute Gasteiger partial charge is 0.341 e. The van der Waals surface area contributed by atoms with Gasteiger partial charge in [-0.3, -0.25) is 4.98 Å². The minimum Gasteiger partial charge on any atom is -0.341 e. The molecule has 0 saturated carbocycles. The van der Waals surface area contributed by atoms with E-state index in [-0.39, 0.29) is 0 Å². The van der Waals surface area contributed by atoms with E-state index in [2.05, 4.69) is 35.0 Å². The van der Waals surface area contributed by atoms with Gasteiger partial charge in [0.1, 0.15) is 0 Å². The molecule has 102 valence electrons. The van der Waals surface area contributed by atoms with E-state index < -0.39 is 0 Å². The highest BCUT2D eigenvalue weighted by atomic mass is 35.5. The standard InChI is InChI=1S/C18H13ClN2/c19-15-7-5-14-9-10-21(18(14)11-15)12-16-8-6-13-3-1-2-4-17(13)20-16/h1-11H,12H2. The van der Waals surface area contributed by atoms with Crippen LogP contribution in [-0.2, 0) is 6.54 Å². The van der Waals surface area contributed by atoms with E-state index in [0.717, 1.165) is 28.3 Å². The minimum absolute atomic E-state index is 0.745. The Kier molecular flexibility index (Phi) is 2.90. The molecule has 0 N–H and O–H groups in total. The highest BCUT2D eigenvalue weighted by molar-refractivity contribution is 6.31. The van der Waals surface area contributed by atoms with E-state index in [1.54, 1.807) is 0 Å². The van der Waals surface area contributed by atoms with Crippen molar-refractivity contribution in [2.75, 3.05) is 0 Å². The van der Waals surface area contributed by atoms with Crippen LogP contribution in [0.5, 0.6) is 0 Å². The summed E-state index contributed by atoms with van der Waals surface area (Å²) in [5, 5.41) is 3.12. The number of halogens is 1. The quantitative estimate of drug-likeness (QED) is 0.514. The summed E-state index contributed by atoms with van der Waals surface area (Å²) in [6, 6.07) is 20.4. The topological polar surface area (TPSA) is 17.8 Å². The zero-order chi connectivity index (χ0) is 14.2. The summed E-state index contributed by atoms with van der Waals surface area (Å²) in [6.07, 6.45) is 2.08. The molecule has 0 spiro atoms. The van der Waals surface area contributed by atoms with Crippen molar-refractivity contribution in [2.45, 2.75) is 6.54 Å². The monoisotopic (exact) mass is 292 g/mol. The molecule has 2 nitrogen and oxygen atoms in total. The number of pyridine rings is 1. The van der Waals surface area contributed by atoms with Crippen LogP contribution in [0.25, 0.3) is 21.8 Å². The third-order valence-electron chi connectivity index (χ3n) is 3.72. The van der Waals surface area contributed by atoms with Crippen molar-refractivity contribution in [1.82, 2.24) is 9.55 Å². The van der Waals surface area contributed by atoms with Crippen LogP contribution in [0.1, 0.15) is 5.69 Å². The third-order valence-corrected chi connectivity index (χ3v) is 3.96. The summed E-state index contributed by atoms with van der Waals surface area (Å²) in [6.45, 7) is 0.745. The maximum Gasteiger partial charge on any atom is 0.0706 e. The average Bonchev–Trinajstić information content (AvgIpc) is 2.89. The van der Waals surface area contributed by atoms with Gasteiger partial charge in [0.05, 0.1) is 17.8 Å². The number of benzene rings is 2. The first-order chi connectivity index (χ1) is 10.3.